The Morgan fingerprint density at radius 3 is 2.38 bits per heavy atom. The summed E-state index contributed by atoms with van der Waals surface area (Å²) in [5.74, 6) is 2.52. The smallest absolute Gasteiger partial charge is 0.156 e. The van der Waals surface area contributed by atoms with Crippen molar-refractivity contribution >= 4 is 9.84 Å². The van der Waals surface area contributed by atoms with Gasteiger partial charge in [0.25, 0.3) is 0 Å². The van der Waals surface area contributed by atoms with Crippen molar-refractivity contribution in [3.8, 4) is 12.3 Å². The predicted molar refractivity (Wildman–Crippen MR) is 62.6 cm³/mol. The lowest BCUT2D eigenvalue weighted by Gasteiger charge is -2.43. The molecule has 0 aliphatic carbocycles. The molecule has 3 nitrogen and oxygen atoms in total. The van der Waals surface area contributed by atoms with Crippen LogP contribution < -0.4 is 0 Å². The predicted octanol–water partition coefficient (Wildman–Crippen LogP) is 1.26. The highest BCUT2D eigenvalue weighted by Gasteiger charge is 2.49. The Labute approximate surface area is 97.2 Å². The summed E-state index contributed by atoms with van der Waals surface area (Å²) in [5.41, 5.74) is -0.840. The fourth-order valence-electron chi connectivity index (χ4n) is 3.05. The highest BCUT2D eigenvalue weighted by molar-refractivity contribution is 7.92. The van der Waals surface area contributed by atoms with Crippen LogP contribution in [-0.4, -0.2) is 29.6 Å². The molecule has 90 valence electrons. The second kappa shape index (κ2) is 4.05. The molecule has 16 heavy (non-hydrogen) atoms. The number of sulfone groups is 1. The molecule has 2 rings (SSSR count). The van der Waals surface area contributed by atoms with Crippen LogP contribution in [0.5, 0.6) is 0 Å². The van der Waals surface area contributed by atoms with E-state index >= 15 is 0 Å². The summed E-state index contributed by atoms with van der Waals surface area (Å²) in [4.78, 5) is 0. The van der Waals surface area contributed by atoms with Gasteiger partial charge in [0.15, 0.2) is 9.84 Å². The van der Waals surface area contributed by atoms with Crippen molar-refractivity contribution in [3.05, 3.63) is 0 Å². The summed E-state index contributed by atoms with van der Waals surface area (Å²) in [5, 5.41) is 9.72. The van der Waals surface area contributed by atoms with E-state index in [1.807, 2.05) is 0 Å². The van der Waals surface area contributed by atoms with Gasteiger partial charge >= 0.3 is 0 Å². The zero-order valence-electron chi connectivity index (χ0n) is 9.35. The van der Waals surface area contributed by atoms with Crippen molar-refractivity contribution < 1.29 is 13.5 Å². The van der Waals surface area contributed by atoms with E-state index in [4.69, 9.17) is 6.42 Å². The molecule has 1 N–H and O–H groups in total. The molecule has 0 aromatic carbocycles. The third kappa shape index (κ3) is 1.99. The van der Waals surface area contributed by atoms with Crippen LogP contribution in [0.1, 0.15) is 44.9 Å². The second-order valence-electron chi connectivity index (χ2n) is 5.10. The van der Waals surface area contributed by atoms with E-state index in [0.29, 0.717) is 38.5 Å². The Kier molecular flexibility index (Phi) is 3.02. The van der Waals surface area contributed by atoms with Crippen molar-refractivity contribution in [2.45, 2.75) is 61.0 Å². The van der Waals surface area contributed by atoms with Gasteiger partial charge in [0.2, 0.25) is 0 Å². The fourth-order valence-corrected chi connectivity index (χ4v) is 5.67. The molecule has 2 aliphatic heterocycles. The highest BCUT2D eigenvalue weighted by atomic mass is 32.2. The summed E-state index contributed by atoms with van der Waals surface area (Å²) in [7, 11) is -2.97. The molecule has 0 radical (unpaired) electrons. The molecule has 0 amide bonds. The molecule has 2 atom stereocenters. The van der Waals surface area contributed by atoms with Gasteiger partial charge in [-0.05, 0) is 32.1 Å². The minimum atomic E-state index is -2.97. The maximum absolute atomic E-state index is 12.0. The van der Waals surface area contributed by atoms with Crippen LogP contribution in [0.15, 0.2) is 0 Å². The van der Waals surface area contributed by atoms with Crippen molar-refractivity contribution in [2.75, 3.05) is 0 Å². The average molecular weight is 242 g/mol. The van der Waals surface area contributed by atoms with Crippen LogP contribution in [0.25, 0.3) is 0 Å². The summed E-state index contributed by atoms with van der Waals surface area (Å²) in [6.07, 6.45) is 9.40. The number of terminal acetylenes is 1. The molecule has 2 heterocycles. The molecule has 2 aliphatic rings. The Balaban J connectivity index is 2.18. The largest absolute Gasteiger partial charge is 0.390 e. The molecular formula is C12H18O3S. The summed E-state index contributed by atoms with van der Waals surface area (Å²) < 4.78 is 24.0. The Morgan fingerprint density at radius 1 is 1.31 bits per heavy atom. The minimum absolute atomic E-state index is 0.331. The quantitative estimate of drug-likeness (QED) is 0.742. The van der Waals surface area contributed by atoms with E-state index in [2.05, 4.69) is 5.92 Å². The molecular weight excluding hydrogens is 224 g/mol. The van der Waals surface area contributed by atoms with Crippen LogP contribution in [0.2, 0.25) is 0 Å². The van der Waals surface area contributed by atoms with E-state index in [1.54, 1.807) is 0 Å². The van der Waals surface area contributed by atoms with Gasteiger partial charge in [0.1, 0.15) is 0 Å². The first-order chi connectivity index (χ1) is 7.48. The molecule has 2 fully saturated rings. The van der Waals surface area contributed by atoms with Crippen molar-refractivity contribution in [3.63, 3.8) is 0 Å². The number of fused-ring (bicyclic) bond motifs is 2. The molecule has 2 unspecified atom stereocenters. The molecule has 2 saturated heterocycles. The maximum Gasteiger partial charge on any atom is 0.156 e. The second-order valence-corrected chi connectivity index (χ2v) is 7.61. The average Bonchev–Trinajstić information content (AvgIpc) is 2.18. The Hall–Kier alpha value is -0.530. The third-order valence-corrected chi connectivity index (χ3v) is 6.59. The van der Waals surface area contributed by atoms with Gasteiger partial charge in [0, 0.05) is 6.42 Å². The molecule has 0 aromatic rings. The lowest BCUT2D eigenvalue weighted by molar-refractivity contribution is 0.00301. The monoisotopic (exact) mass is 242 g/mol. The SMILES string of the molecule is C#CCCC1(O)CC2CCCC(C1)S2(=O)=O. The number of rotatable bonds is 2. The van der Waals surface area contributed by atoms with E-state index < -0.39 is 15.4 Å². The first-order valence-electron chi connectivity index (χ1n) is 5.86. The molecule has 2 bridgehead atoms. The number of hydrogen-bond donors (Lipinski definition) is 1. The van der Waals surface area contributed by atoms with Crippen LogP contribution >= 0.6 is 0 Å². The van der Waals surface area contributed by atoms with E-state index in [0.717, 1.165) is 6.42 Å². The minimum Gasteiger partial charge on any atom is -0.390 e. The summed E-state index contributed by atoms with van der Waals surface area (Å²) >= 11 is 0. The van der Waals surface area contributed by atoms with Gasteiger partial charge in [-0.2, -0.15) is 0 Å². The standard InChI is InChI=1S/C12H18O3S/c1-2-3-7-12(13)8-10-5-4-6-11(9-12)16(10,14)15/h1,10-11,13H,3-9H2. The molecule has 0 aromatic heterocycles. The van der Waals surface area contributed by atoms with Gasteiger partial charge in [-0.15, -0.1) is 12.3 Å². The van der Waals surface area contributed by atoms with Gasteiger partial charge in [-0.1, -0.05) is 6.42 Å². The van der Waals surface area contributed by atoms with Crippen molar-refractivity contribution in [1.82, 2.24) is 0 Å². The van der Waals surface area contributed by atoms with E-state index in [1.165, 1.54) is 0 Å². The van der Waals surface area contributed by atoms with Crippen LogP contribution in [-0.2, 0) is 9.84 Å². The molecule has 0 spiro atoms. The summed E-state index contributed by atoms with van der Waals surface area (Å²) in [6, 6.07) is 0. The fraction of sp³-hybridized carbons (Fsp3) is 0.833. The van der Waals surface area contributed by atoms with Crippen LogP contribution in [0, 0.1) is 12.3 Å². The maximum atomic E-state index is 12.0. The lowest BCUT2D eigenvalue weighted by atomic mass is 9.82. The van der Waals surface area contributed by atoms with Gasteiger partial charge in [-0.3, -0.25) is 0 Å². The zero-order chi connectivity index (χ0) is 11.8. The van der Waals surface area contributed by atoms with Crippen molar-refractivity contribution in [1.29, 1.82) is 0 Å². The van der Waals surface area contributed by atoms with Gasteiger partial charge in [-0.25, -0.2) is 8.42 Å². The molecule has 0 saturated carbocycles. The first kappa shape index (κ1) is 11.9. The summed E-state index contributed by atoms with van der Waals surface area (Å²) in [6.45, 7) is 0. The van der Waals surface area contributed by atoms with Gasteiger partial charge in [0.05, 0.1) is 16.1 Å². The third-order valence-electron chi connectivity index (χ3n) is 3.93. The van der Waals surface area contributed by atoms with Gasteiger partial charge < -0.3 is 5.11 Å². The molecule has 4 heteroatoms. The Bertz CT molecular complexity index is 384. The van der Waals surface area contributed by atoms with Crippen LogP contribution in [0.3, 0.4) is 0 Å². The van der Waals surface area contributed by atoms with Crippen molar-refractivity contribution in [2.24, 2.45) is 0 Å². The van der Waals surface area contributed by atoms with E-state index in [-0.39, 0.29) is 10.5 Å². The zero-order valence-corrected chi connectivity index (χ0v) is 10.2. The number of hydrogen-bond acceptors (Lipinski definition) is 3. The van der Waals surface area contributed by atoms with Crippen LogP contribution in [0.4, 0.5) is 0 Å². The van der Waals surface area contributed by atoms with E-state index in [9.17, 15) is 13.5 Å². The Morgan fingerprint density at radius 2 is 1.88 bits per heavy atom. The highest BCUT2D eigenvalue weighted by Crippen LogP contribution is 2.43. The lowest BCUT2D eigenvalue weighted by Crippen LogP contribution is -2.51. The normalized spacial score (nSPS) is 41.2. The first-order valence-corrected chi connectivity index (χ1v) is 7.47. The number of aliphatic hydroxyl groups is 1. The topological polar surface area (TPSA) is 54.4 Å².